The number of aromatic hydroxyl groups is 2. The molecule has 0 aliphatic rings. The number of aromatic nitrogens is 2. The summed E-state index contributed by atoms with van der Waals surface area (Å²) in [6, 6.07) is 6.88. The van der Waals surface area contributed by atoms with Crippen molar-refractivity contribution in [3.63, 3.8) is 0 Å². The van der Waals surface area contributed by atoms with Gasteiger partial charge in [0.2, 0.25) is 0 Å². The molecule has 2 heterocycles. The van der Waals surface area contributed by atoms with E-state index in [1.54, 1.807) is 24.3 Å². The zero-order valence-corrected chi connectivity index (χ0v) is 15.8. The highest BCUT2D eigenvalue weighted by Gasteiger charge is 2.25. The maximum Gasteiger partial charge on any atom is 0.154 e. The second-order valence-electron chi connectivity index (χ2n) is 6.14. The zero-order valence-electron chi connectivity index (χ0n) is 15.8. The van der Waals surface area contributed by atoms with E-state index in [0.29, 0.717) is 44.8 Å². The topological polar surface area (TPSA) is 109 Å². The SMILES string of the molecule is COc1ccc(OC)c2c(O)c(-c3[nH]c4c(OC)ccc(OC)c4c3O)[nH]c12. The summed E-state index contributed by atoms with van der Waals surface area (Å²) in [5.74, 6) is 1.85. The number of methoxy groups -OCH3 is 4. The summed E-state index contributed by atoms with van der Waals surface area (Å²) in [6.07, 6.45) is 0. The fourth-order valence-electron chi connectivity index (χ4n) is 3.51. The highest BCUT2D eigenvalue weighted by molar-refractivity contribution is 6.06. The Bertz CT molecular complexity index is 1100. The molecule has 4 aromatic rings. The van der Waals surface area contributed by atoms with E-state index in [4.69, 9.17) is 18.9 Å². The van der Waals surface area contributed by atoms with E-state index in [1.807, 2.05) is 0 Å². The summed E-state index contributed by atoms with van der Waals surface area (Å²) in [5.41, 5.74) is 1.67. The van der Waals surface area contributed by atoms with Gasteiger partial charge in [0.25, 0.3) is 0 Å². The number of H-pyrrole nitrogens is 2. The first-order valence-corrected chi connectivity index (χ1v) is 8.47. The molecular formula is C20H20N2O6. The number of nitrogens with one attached hydrogen (secondary N) is 2. The summed E-state index contributed by atoms with van der Waals surface area (Å²) in [4.78, 5) is 6.25. The molecule has 0 bridgehead atoms. The highest BCUT2D eigenvalue weighted by atomic mass is 16.5. The second-order valence-corrected chi connectivity index (χ2v) is 6.14. The van der Waals surface area contributed by atoms with Gasteiger partial charge in [0.05, 0.1) is 50.2 Å². The number of hydrogen-bond donors (Lipinski definition) is 4. The zero-order chi connectivity index (χ0) is 20.0. The fourth-order valence-corrected chi connectivity index (χ4v) is 3.51. The van der Waals surface area contributed by atoms with Gasteiger partial charge in [-0.15, -0.1) is 0 Å². The lowest BCUT2D eigenvalue weighted by molar-refractivity contribution is 0.408. The van der Waals surface area contributed by atoms with Crippen LogP contribution in [0, 0.1) is 0 Å². The van der Waals surface area contributed by atoms with Gasteiger partial charge in [0.15, 0.2) is 11.5 Å². The number of hydrogen-bond acceptors (Lipinski definition) is 6. The first-order valence-electron chi connectivity index (χ1n) is 8.47. The molecule has 4 rings (SSSR count). The maximum absolute atomic E-state index is 10.9. The van der Waals surface area contributed by atoms with Crippen LogP contribution in [-0.4, -0.2) is 48.6 Å². The number of ether oxygens (including phenoxy) is 4. The average molecular weight is 384 g/mol. The van der Waals surface area contributed by atoms with Gasteiger partial charge in [-0.1, -0.05) is 0 Å². The first-order chi connectivity index (χ1) is 13.5. The van der Waals surface area contributed by atoms with Gasteiger partial charge in [-0.05, 0) is 24.3 Å². The van der Waals surface area contributed by atoms with Crippen molar-refractivity contribution in [1.82, 2.24) is 9.97 Å². The van der Waals surface area contributed by atoms with Crippen LogP contribution in [0.15, 0.2) is 24.3 Å². The minimum atomic E-state index is -0.0782. The molecule has 0 saturated heterocycles. The summed E-state index contributed by atoms with van der Waals surface area (Å²) in [7, 11) is 6.11. The Hall–Kier alpha value is -3.68. The molecule has 0 fully saturated rings. The van der Waals surface area contributed by atoms with Crippen molar-refractivity contribution < 1.29 is 29.2 Å². The standard InChI is InChI=1S/C20H20N2O6/c1-25-9-5-7-11(27-3)15-13(9)19(23)17(21-15)18-20(24)14-10(26-2)6-8-12(28-4)16(14)22-18/h5-8,21-24H,1-4H3. The minimum Gasteiger partial charge on any atom is -0.505 e. The molecule has 0 aliphatic carbocycles. The van der Waals surface area contributed by atoms with E-state index in [0.717, 1.165) is 0 Å². The van der Waals surface area contributed by atoms with E-state index in [2.05, 4.69) is 9.97 Å². The molecule has 0 saturated carbocycles. The van der Waals surface area contributed by atoms with Crippen molar-refractivity contribution in [2.24, 2.45) is 0 Å². The number of fused-ring (bicyclic) bond motifs is 2. The highest BCUT2D eigenvalue weighted by Crippen LogP contribution is 2.49. The quantitative estimate of drug-likeness (QED) is 0.417. The molecule has 2 aromatic heterocycles. The molecule has 0 amide bonds. The van der Waals surface area contributed by atoms with Crippen molar-refractivity contribution in [3.8, 4) is 45.9 Å². The van der Waals surface area contributed by atoms with Crippen LogP contribution in [0.5, 0.6) is 34.5 Å². The first kappa shape index (κ1) is 17.7. The van der Waals surface area contributed by atoms with Crippen LogP contribution >= 0.6 is 0 Å². The molecule has 8 heteroatoms. The Kier molecular flexibility index (Phi) is 4.11. The van der Waals surface area contributed by atoms with Gasteiger partial charge in [-0.2, -0.15) is 0 Å². The molecule has 0 aliphatic heterocycles. The molecule has 0 spiro atoms. The Morgan fingerprint density at radius 1 is 0.571 bits per heavy atom. The largest absolute Gasteiger partial charge is 0.505 e. The predicted molar refractivity (Wildman–Crippen MR) is 105 cm³/mol. The summed E-state index contributed by atoms with van der Waals surface area (Å²) < 4.78 is 21.5. The van der Waals surface area contributed by atoms with Crippen molar-refractivity contribution in [2.45, 2.75) is 0 Å². The van der Waals surface area contributed by atoms with Crippen LogP contribution in [0.1, 0.15) is 0 Å². The molecule has 4 N–H and O–H groups in total. The van der Waals surface area contributed by atoms with Gasteiger partial charge in [0.1, 0.15) is 34.4 Å². The fraction of sp³-hybridized carbons (Fsp3) is 0.200. The lowest BCUT2D eigenvalue weighted by Gasteiger charge is -2.05. The Morgan fingerprint density at radius 3 is 1.21 bits per heavy atom. The molecule has 28 heavy (non-hydrogen) atoms. The molecule has 0 unspecified atom stereocenters. The third-order valence-electron chi connectivity index (χ3n) is 4.83. The Balaban J connectivity index is 2.07. The molecule has 8 nitrogen and oxygen atoms in total. The van der Waals surface area contributed by atoms with E-state index in [9.17, 15) is 10.2 Å². The van der Waals surface area contributed by atoms with Crippen molar-refractivity contribution in [3.05, 3.63) is 24.3 Å². The Labute approximate surface area is 160 Å². The van der Waals surface area contributed by atoms with Crippen molar-refractivity contribution in [1.29, 1.82) is 0 Å². The number of benzene rings is 2. The van der Waals surface area contributed by atoms with Crippen LogP contribution in [-0.2, 0) is 0 Å². The Morgan fingerprint density at radius 2 is 0.893 bits per heavy atom. The predicted octanol–water partition coefficient (Wildman–Crippen LogP) is 3.76. The lowest BCUT2D eigenvalue weighted by atomic mass is 10.1. The van der Waals surface area contributed by atoms with E-state index >= 15 is 0 Å². The summed E-state index contributed by atoms with van der Waals surface area (Å²) >= 11 is 0. The smallest absolute Gasteiger partial charge is 0.154 e. The van der Waals surface area contributed by atoms with Crippen molar-refractivity contribution >= 4 is 21.8 Å². The number of rotatable bonds is 5. The van der Waals surface area contributed by atoms with Gasteiger partial charge in [-0.3, -0.25) is 0 Å². The van der Waals surface area contributed by atoms with Gasteiger partial charge in [0, 0.05) is 0 Å². The van der Waals surface area contributed by atoms with Crippen LogP contribution in [0.4, 0.5) is 0 Å². The molecule has 0 radical (unpaired) electrons. The third-order valence-corrected chi connectivity index (χ3v) is 4.83. The molecule has 0 atom stereocenters. The van der Waals surface area contributed by atoms with Crippen molar-refractivity contribution in [2.75, 3.05) is 28.4 Å². The van der Waals surface area contributed by atoms with Crippen LogP contribution in [0.25, 0.3) is 33.2 Å². The lowest BCUT2D eigenvalue weighted by Crippen LogP contribution is -1.88. The summed E-state index contributed by atoms with van der Waals surface area (Å²) in [6.45, 7) is 0. The van der Waals surface area contributed by atoms with Gasteiger partial charge < -0.3 is 39.1 Å². The van der Waals surface area contributed by atoms with E-state index in [-0.39, 0.29) is 22.9 Å². The maximum atomic E-state index is 10.9. The van der Waals surface area contributed by atoms with Gasteiger partial charge >= 0.3 is 0 Å². The van der Waals surface area contributed by atoms with E-state index in [1.165, 1.54) is 28.4 Å². The monoisotopic (exact) mass is 384 g/mol. The minimum absolute atomic E-state index is 0.0782. The summed E-state index contributed by atoms with van der Waals surface area (Å²) in [5, 5.41) is 22.7. The molecule has 146 valence electrons. The molecular weight excluding hydrogens is 364 g/mol. The van der Waals surface area contributed by atoms with Gasteiger partial charge in [-0.25, -0.2) is 0 Å². The van der Waals surface area contributed by atoms with Crippen LogP contribution in [0.3, 0.4) is 0 Å². The second kappa shape index (κ2) is 6.49. The molecule has 2 aromatic carbocycles. The van der Waals surface area contributed by atoms with Crippen LogP contribution < -0.4 is 18.9 Å². The average Bonchev–Trinajstić information content (AvgIpc) is 3.24. The number of aromatic amines is 2. The normalized spacial score (nSPS) is 11.1. The van der Waals surface area contributed by atoms with E-state index < -0.39 is 0 Å². The third kappa shape index (κ3) is 2.31. The van der Waals surface area contributed by atoms with Crippen LogP contribution in [0.2, 0.25) is 0 Å².